The average molecular weight is 512 g/mol. The van der Waals surface area contributed by atoms with Crippen LogP contribution in [-0.4, -0.2) is 41.7 Å². The van der Waals surface area contributed by atoms with Crippen molar-refractivity contribution in [2.24, 2.45) is 4.99 Å². The molecule has 2 aliphatic rings. The third-order valence-corrected chi connectivity index (χ3v) is 6.77. The number of aliphatic hydroxyl groups excluding tert-OH is 1. The number of aliphatic imine (C=N–C) groups is 1. The van der Waals surface area contributed by atoms with Gasteiger partial charge in [0.2, 0.25) is 5.90 Å². The van der Waals surface area contributed by atoms with Crippen LogP contribution in [-0.2, 0) is 9.53 Å². The van der Waals surface area contributed by atoms with Crippen molar-refractivity contribution in [3.05, 3.63) is 103 Å². The number of nitrogens with zero attached hydrogens (tertiary/aromatic N) is 1. The zero-order valence-corrected chi connectivity index (χ0v) is 21.3. The lowest BCUT2D eigenvalue weighted by Gasteiger charge is -2.29. The molecule has 0 aromatic heterocycles. The van der Waals surface area contributed by atoms with E-state index in [4.69, 9.17) is 19.6 Å². The zero-order chi connectivity index (χ0) is 26.4. The Morgan fingerprint density at radius 1 is 1.03 bits per heavy atom. The number of amides is 1. The van der Waals surface area contributed by atoms with Crippen LogP contribution >= 0.6 is 0 Å². The Bertz CT molecular complexity index is 1270. The van der Waals surface area contributed by atoms with E-state index in [9.17, 15) is 4.79 Å². The van der Waals surface area contributed by atoms with E-state index >= 15 is 0 Å². The Morgan fingerprint density at radius 2 is 1.71 bits per heavy atom. The van der Waals surface area contributed by atoms with Gasteiger partial charge in [-0.2, -0.15) is 0 Å². The van der Waals surface area contributed by atoms with Gasteiger partial charge in [-0.3, -0.25) is 10.2 Å². The molecular weight excluding hydrogens is 478 g/mol. The highest BCUT2D eigenvalue weighted by molar-refractivity contribution is 6.01. The number of ether oxygens (including phenoxy) is 2. The van der Waals surface area contributed by atoms with E-state index in [1.54, 1.807) is 6.08 Å². The van der Waals surface area contributed by atoms with Crippen molar-refractivity contribution in [2.75, 3.05) is 13.2 Å². The van der Waals surface area contributed by atoms with Crippen LogP contribution in [0.2, 0.25) is 0 Å². The van der Waals surface area contributed by atoms with E-state index < -0.39 is 11.6 Å². The van der Waals surface area contributed by atoms with Crippen molar-refractivity contribution >= 4 is 11.8 Å². The number of nitrogens with one attached hydrogen (secondary N) is 2. The molecule has 0 radical (unpaired) electrons. The van der Waals surface area contributed by atoms with Crippen LogP contribution in [0.15, 0.2) is 96.5 Å². The second-order valence-electron chi connectivity index (χ2n) is 9.64. The Morgan fingerprint density at radius 3 is 2.37 bits per heavy atom. The van der Waals surface area contributed by atoms with Gasteiger partial charge in [0.1, 0.15) is 5.75 Å². The second kappa shape index (κ2) is 11.6. The highest BCUT2D eigenvalue weighted by Gasteiger charge is 2.52. The Hall–Kier alpha value is -3.94. The fourth-order valence-electron chi connectivity index (χ4n) is 4.52. The van der Waals surface area contributed by atoms with Crippen molar-refractivity contribution < 1.29 is 19.4 Å². The van der Waals surface area contributed by atoms with Crippen LogP contribution in [0.1, 0.15) is 42.9 Å². The van der Waals surface area contributed by atoms with Gasteiger partial charge in [0.25, 0.3) is 5.91 Å². The molecule has 3 N–H and O–H groups in total. The summed E-state index contributed by atoms with van der Waals surface area (Å²) in [6.45, 7) is 4.44. The summed E-state index contributed by atoms with van der Waals surface area (Å²) in [6, 6.07) is 26.0. The van der Waals surface area contributed by atoms with Crippen molar-refractivity contribution in [1.82, 2.24) is 10.9 Å². The summed E-state index contributed by atoms with van der Waals surface area (Å²) >= 11 is 0. The van der Waals surface area contributed by atoms with E-state index in [1.165, 1.54) is 0 Å². The summed E-state index contributed by atoms with van der Waals surface area (Å²) in [4.78, 5) is 18.6. The maximum absolute atomic E-state index is 13.7. The monoisotopic (exact) mass is 511 g/mol. The molecule has 196 valence electrons. The summed E-state index contributed by atoms with van der Waals surface area (Å²) in [5.74, 6) is 0.838. The highest BCUT2D eigenvalue weighted by Crippen LogP contribution is 2.43. The number of carbonyl (C=O) groups is 1. The Labute approximate surface area is 223 Å². The lowest BCUT2D eigenvalue weighted by Crippen LogP contribution is -2.53. The number of rotatable bonds is 12. The van der Waals surface area contributed by atoms with E-state index in [2.05, 4.69) is 29.6 Å². The first-order valence-electron chi connectivity index (χ1n) is 13.1. The average Bonchev–Trinajstić information content (AvgIpc) is 3.72. The molecule has 0 unspecified atom stereocenters. The van der Waals surface area contributed by atoms with Gasteiger partial charge in [-0.05, 0) is 53.8 Å². The van der Waals surface area contributed by atoms with Gasteiger partial charge in [0.15, 0.2) is 11.6 Å². The van der Waals surface area contributed by atoms with Gasteiger partial charge in [0, 0.05) is 31.1 Å². The molecule has 7 heteroatoms. The van der Waals surface area contributed by atoms with Crippen LogP contribution in [0.5, 0.6) is 5.75 Å². The third-order valence-electron chi connectivity index (χ3n) is 6.77. The smallest absolute Gasteiger partial charge is 0.266 e. The molecule has 2 atom stereocenters. The number of hydrazine groups is 1. The van der Waals surface area contributed by atoms with Gasteiger partial charge in [-0.15, -0.1) is 6.58 Å². The van der Waals surface area contributed by atoms with Crippen LogP contribution < -0.4 is 15.6 Å². The van der Waals surface area contributed by atoms with Gasteiger partial charge < -0.3 is 14.6 Å². The maximum Gasteiger partial charge on any atom is 0.266 e. The first kappa shape index (κ1) is 25.7. The van der Waals surface area contributed by atoms with Crippen molar-refractivity contribution in [3.8, 4) is 16.9 Å². The van der Waals surface area contributed by atoms with Gasteiger partial charge in [-0.1, -0.05) is 60.7 Å². The minimum Gasteiger partial charge on any atom is -0.494 e. The minimum absolute atomic E-state index is 0.0828. The minimum atomic E-state index is -1.22. The quantitative estimate of drug-likeness (QED) is 0.186. The molecular formula is C31H33N3O4. The fraction of sp³-hybridized carbons (Fsp3) is 0.290. The Kier molecular flexibility index (Phi) is 7.86. The van der Waals surface area contributed by atoms with E-state index in [0.717, 1.165) is 35.1 Å². The van der Waals surface area contributed by atoms with Crippen molar-refractivity contribution in [1.29, 1.82) is 0 Å². The first-order chi connectivity index (χ1) is 18.6. The third kappa shape index (κ3) is 5.64. The molecule has 1 heterocycles. The number of carbonyl (C=O) groups excluding carboxylic acids is 1. The molecule has 38 heavy (non-hydrogen) atoms. The van der Waals surface area contributed by atoms with E-state index in [1.807, 2.05) is 66.7 Å². The van der Waals surface area contributed by atoms with Crippen molar-refractivity contribution in [2.45, 2.75) is 43.4 Å². The number of hydrogen-bond donors (Lipinski definition) is 3. The number of benzene rings is 3. The molecule has 1 amide bonds. The van der Waals surface area contributed by atoms with Crippen LogP contribution in [0.4, 0.5) is 0 Å². The summed E-state index contributed by atoms with van der Waals surface area (Å²) in [5.41, 5.74) is 8.60. The molecule has 1 aliphatic heterocycles. The molecule has 0 bridgehead atoms. The van der Waals surface area contributed by atoms with E-state index in [0.29, 0.717) is 37.1 Å². The van der Waals surface area contributed by atoms with Gasteiger partial charge >= 0.3 is 0 Å². The van der Waals surface area contributed by atoms with Crippen LogP contribution in [0.3, 0.4) is 0 Å². The summed E-state index contributed by atoms with van der Waals surface area (Å²) in [5, 5.41) is 8.98. The van der Waals surface area contributed by atoms with Crippen LogP contribution in [0, 0.1) is 0 Å². The normalized spacial score (nSPS) is 20.3. The van der Waals surface area contributed by atoms with Gasteiger partial charge in [0.05, 0.1) is 6.61 Å². The number of aliphatic hydroxyl groups is 1. The molecule has 3 aromatic rings. The summed E-state index contributed by atoms with van der Waals surface area (Å²) in [6.07, 6.45) is 4.03. The SMILES string of the molecule is C=CC[C@]1(C(=O)NNC2CC2)N=C(c2ccc(OCCCO)cc2)O[C@H]1c1ccc(-c2ccccc2)cc1. The maximum atomic E-state index is 13.7. The molecule has 1 fully saturated rings. The molecule has 0 saturated heterocycles. The molecule has 0 spiro atoms. The predicted octanol–water partition coefficient (Wildman–Crippen LogP) is 4.73. The summed E-state index contributed by atoms with van der Waals surface area (Å²) < 4.78 is 12.1. The lowest BCUT2D eigenvalue weighted by atomic mass is 9.84. The predicted molar refractivity (Wildman–Crippen MR) is 148 cm³/mol. The van der Waals surface area contributed by atoms with E-state index in [-0.39, 0.29) is 12.5 Å². The topological polar surface area (TPSA) is 92.2 Å². The van der Waals surface area contributed by atoms with Gasteiger partial charge in [-0.25, -0.2) is 10.4 Å². The molecule has 1 aliphatic carbocycles. The highest BCUT2D eigenvalue weighted by atomic mass is 16.5. The summed E-state index contributed by atoms with van der Waals surface area (Å²) in [7, 11) is 0. The lowest BCUT2D eigenvalue weighted by molar-refractivity contribution is -0.130. The Balaban J connectivity index is 1.45. The molecule has 5 rings (SSSR count). The number of hydrogen-bond acceptors (Lipinski definition) is 6. The largest absolute Gasteiger partial charge is 0.494 e. The standard InChI is InChI=1S/C31H33N3O4/c1-2-19-31(30(36)34-33-26-15-16-26)28(24-11-9-23(10-12-24)22-7-4-3-5-8-22)38-29(32-31)25-13-17-27(18-14-25)37-21-6-20-35/h2-5,7-14,17-18,26,28,33,35H,1,6,15-16,19-21H2,(H,34,36)/t28-,31-/m0/s1. The molecule has 7 nitrogen and oxygen atoms in total. The molecule has 3 aromatic carbocycles. The first-order valence-corrected chi connectivity index (χ1v) is 13.1. The van der Waals surface area contributed by atoms with Crippen molar-refractivity contribution in [3.63, 3.8) is 0 Å². The fourth-order valence-corrected chi connectivity index (χ4v) is 4.52. The van der Waals surface area contributed by atoms with Crippen LogP contribution in [0.25, 0.3) is 11.1 Å². The molecule has 1 saturated carbocycles. The second-order valence-corrected chi connectivity index (χ2v) is 9.64. The zero-order valence-electron chi connectivity index (χ0n) is 21.3.